The number of hydrogen-bond acceptors (Lipinski definition) is 5. The number of benzene rings is 1. The van der Waals surface area contributed by atoms with Crippen molar-refractivity contribution in [1.29, 1.82) is 0 Å². The van der Waals surface area contributed by atoms with Crippen molar-refractivity contribution in [3.05, 3.63) is 41.7 Å². The molecule has 2 aliphatic rings. The number of piperazine rings is 1. The molecule has 3 heterocycles. The average molecular weight is 377 g/mol. The van der Waals surface area contributed by atoms with Gasteiger partial charge in [0.25, 0.3) is 5.91 Å². The lowest BCUT2D eigenvalue weighted by atomic mass is 10.2. The second kappa shape index (κ2) is 8.16. The fourth-order valence-corrected chi connectivity index (χ4v) is 3.69. The molecule has 4 rings (SSSR count). The van der Waals surface area contributed by atoms with E-state index in [1.807, 2.05) is 36.1 Å². The molecule has 140 valence electrons. The SMILES string of the molecule is Cc1cccc(-n2cc(C(=O)N3CCC(N4CCNCC4)C3)nn2)c1.Cl. The Labute approximate surface area is 159 Å². The van der Waals surface area contributed by atoms with Gasteiger partial charge in [-0.25, -0.2) is 4.68 Å². The van der Waals surface area contributed by atoms with Gasteiger partial charge in [-0.2, -0.15) is 0 Å². The number of hydrogen-bond donors (Lipinski definition) is 1. The molecule has 0 spiro atoms. The summed E-state index contributed by atoms with van der Waals surface area (Å²) in [6, 6.07) is 8.48. The topological polar surface area (TPSA) is 66.3 Å². The summed E-state index contributed by atoms with van der Waals surface area (Å²) in [5, 5.41) is 11.6. The van der Waals surface area contributed by atoms with Crippen LogP contribution >= 0.6 is 12.4 Å². The van der Waals surface area contributed by atoms with Gasteiger partial charge in [-0.05, 0) is 31.0 Å². The second-order valence-electron chi connectivity index (χ2n) is 6.87. The molecule has 0 radical (unpaired) electrons. The Bertz CT molecular complexity index is 758. The summed E-state index contributed by atoms with van der Waals surface area (Å²) in [6.07, 6.45) is 2.77. The smallest absolute Gasteiger partial charge is 0.276 e. The zero-order valence-corrected chi connectivity index (χ0v) is 15.8. The Balaban J connectivity index is 0.00000196. The van der Waals surface area contributed by atoms with Crippen LogP contribution in [0.4, 0.5) is 0 Å². The highest BCUT2D eigenvalue weighted by atomic mass is 35.5. The molecule has 1 N–H and O–H groups in total. The lowest BCUT2D eigenvalue weighted by Crippen LogP contribution is -2.49. The molecule has 1 unspecified atom stereocenters. The first-order chi connectivity index (χ1) is 12.2. The molecule has 0 aliphatic carbocycles. The maximum atomic E-state index is 12.8. The highest BCUT2D eigenvalue weighted by molar-refractivity contribution is 5.92. The van der Waals surface area contributed by atoms with Gasteiger partial charge in [-0.1, -0.05) is 17.3 Å². The zero-order chi connectivity index (χ0) is 17.2. The Kier molecular flexibility index (Phi) is 5.90. The Morgan fingerprint density at radius 3 is 2.81 bits per heavy atom. The number of likely N-dealkylation sites (tertiary alicyclic amines) is 1. The van der Waals surface area contributed by atoms with E-state index in [0.29, 0.717) is 11.7 Å². The van der Waals surface area contributed by atoms with Crippen molar-refractivity contribution in [2.45, 2.75) is 19.4 Å². The first-order valence-electron chi connectivity index (χ1n) is 8.94. The molecule has 1 amide bonds. The highest BCUT2D eigenvalue weighted by Gasteiger charge is 2.32. The Hall–Kier alpha value is -1.96. The fourth-order valence-electron chi connectivity index (χ4n) is 3.69. The van der Waals surface area contributed by atoms with Gasteiger partial charge in [0.15, 0.2) is 5.69 Å². The van der Waals surface area contributed by atoms with Gasteiger partial charge in [0.2, 0.25) is 0 Å². The van der Waals surface area contributed by atoms with Gasteiger partial charge < -0.3 is 10.2 Å². The lowest BCUT2D eigenvalue weighted by molar-refractivity contribution is 0.0767. The fraction of sp³-hybridized carbons (Fsp3) is 0.500. The van der Waals surface area contributed by atoms with Crippen LogP contribution in [0.3, 0.4) is 0 Å². The van der Waals surface area contributed by atoms with E-state index < -0.39 is 0 Å². The Morgan fingerprint density at radius 1 is 1.23 bits per heavy atom. The van der Waals surface area contributed by atoms with Crippen LogP contribution in [-0.2, 0) is 0 Å². The third-order valence-corrected chi connectivity index (χ3v) is 5.10. The number of aromatic nitrogens is 3. The van der Waals surface area contributed by atoms with Crippen LogP contribution in [0.5, 0.6) is 0 Å². The third-order valence-electron chi connectivity index (χ3n) is 5.10. The summed E-state index contributed by atoms with van der Waals surface area (Å²) >= 11 is 0. The molecule has 1 aromatic heterocycles. The molecule has 8 heteroatoms. The van der Waals surface area contributed by atoms with Crippen molar-refractivity contribution in [2.24, 2.45) is 0 Å². The molecule has 1 atom stereocenters. The molecule has 2 aromatic rings. The van der Waals surface area contributed by atoms with E-state index in [1.165, 1.54) is 0 Å². The van der Waals surface area contributed by atoms with Gasteiger partial charge in [0, 0.05) is 45.3 Å². The number of carbonyl (C=O) groups is 1. The largest absolute Gasteiger partial charge is 0.336 e. The maximum Gasteiger partial charge on any atom is 0.276 e. The normalized spacial score (nSPS) is 20.8. The number of rotatable bonds is 3. The van der Waals surface area contributed by atoms with Gasteiger partial charge in [0.05, 0.1) is 11.9 Å². The van der Waals surface area contributed by atoms with Crippen LogP contribution in [0.1, 0.15) is 22.5 Å². The van der Waals surface area contributed by atoms with E-state index in [2.05, 4.69) is 20.5 Å². The van der Waals surface area contributed by atoms with Crippen LogP contribution in [0.2, 0.25) is 0 Å². The zero-order valence-electron chi connectivity index (χ0n) is 15.0. The molecule has 7 nitrogen and oxygen atoms in total. The van der Waals surface area contributed by atoms with Gasteiger partial charge in [0.1, 0.15) is 0 Å². The lowest BCUT2D eigenvalue weighted by Gasteiger charge is -2.32. The third kappa shape index (κ3) is 3.90. The van der Waals surface area contributed by atoms with Crippen molar-refractivity contribution >= 4 is 18.3 Å². The van der Waals surface area contributed by atoms with Gasteiger partial charge in [-0.3, -0.25) is 9.69 Å². The molecule has 0 saturated carbocycles. The van der Waals surface area contributed by atoms with Gasteiger partial charge in [-0.15, -0.1) is 17.5 Å². The quantitative estimate of drug-likeness (QED) is 0.869. The minimum atomic E-state index is -0.0171. The van der Waals surface area contributed by atoms with E-state index in [-0.39, 0.29) is 18.3 Å². The standard InChI is InChI=1S/C18H24N6O.ClH/c1-14-3-2-4-15(11-14)24-13-17(20-21-24)18(25)23-8-5-16(12-23)22-9-6-19-7-10-22;/h2-4,11,13,16,19H,5-10,12H2,1H3;1H. The molecular weight excluding hydrogens is 352 g/mol. The molecule has 2 fully saturated rings. The van der Waals surface area contributed by atoms with Crippen molar-refractivity contribution in [3.63, 3.8) is 0 Å². The number of carbonyl (C=O) groups excluding carboxylic acids is 1. The number of amides is 1. The maximum absolute atomic E-state index is 12.8. The summed E-state index contributed by atoms with van der Waals surface area (Å²) in [6.45, 7) is 7.82. The number of aryl methyl sites for hydroxylation is 1. The predicted molar refractivity (Wildman–Crippen MR) is 102 cm³/mol. The van der Waals surface area contributed by atoms with Crippen LogP contribution in [0.25, 0.3) is 5.69 Å². The minimum absolute atomic E-state index is 0. The summed E-state index contributed by atoms with van der Waals surface area (Å²) in [4.78, 5) is 17.2. The average Bonchev–Trinajstić information content (AvgIpc) is 3.32. The first-order valence-corrected chi connectivity index (χ1v) is 8.94. The minimum Gasteiger partial charge on any atom is -0.336 e. The van der Waals surface area contributed by atoms with Crippen LogP contribution in [0, 0.1) is 6.92 Å². The first kappa shape index (κ1) is 18.8. The second-order valence-corrected chi connectivity index (χ2v) is 6.87. The summed E-state index contributed by atoms with van der Waals surface area (Å²) < 4.78 is 1.67. The number of nitrogens with one attached hydrogen (secondary N) is 1. The molecule has 26 heavy (non-hydrogen) atoms. The van der Waals surface area contributed by atoms with E-state index in [9.17, 15) is 4.79 Å². The molecule has 2 aliphatic heterocycles. The predicted octanol–water partition coefficient (Wildman–Crippen LogP) is 1.12. The van der Waals surface area contributed by atoms with Crippen molar-refractivity contribution in [2.75, 3.05) is 39.3 Å². The van der Waals surface area contributed by atoms with Crippen molar-refractivity contribution < 1.29 is 4.79 Å². The Morgan fingerprint density at radius 2 is 2.04 bits per heavy atom. The molecule has 2 saturated heterocycles. The number of nitrogens with zero attached hydrogens (tertiary/aromatic N) is 5. The van der Waals surface area contributed by atoms with E-state index in [4.69, 9.17) is 0 Å². The highest BCUT2D eigenvalue weighted by Crippen LogP contribution is 2.18. The van der Waals surface area contributed by atoms with E-state index in [1.54, 1.807) is 10.9 Å². The summed E-state index contributed by atoms with van der Waals surface area (Å²) in [7, 11) is 0. The van der Waals surface area contributed by atoms with Crippen LogP contribution in [0.15, 0.2) is 30.5 Å². The van der Waals surface area contributed by atoms with Crippen molar-refractivity contribution in [3.8, 4) is 5.69 Å². The molecule has 1 aromatic carbocycles. The monoisotopic (exact) mass is 376 g/mol. The molecular formula is C18H25ClN6O. The van der Waals surface area contributed by atoms with E-state index in [0.717, 1.165) is 56.9 Å². The summed E-state index contributed by atoms with van der Waals surface area (Å²) in [5.74, 6) is -0.0171. The van der Waals surface area contributed by atoms with E-state index >= 15 is 0 Å². The molecule has 0 bridgehead atoms. The summed E-state index contributed by atoms with van der Waals surface area (Å²) in [5.41, 5.74) is 2.49. The van der Waals surface area contributed by atoms with Crippen LogP contribution in [-0.4, -0.2) is 76.0 Å². The van der Waals surface area contributed by atoms with Crippen molar-refractivity contribution in [1.82, 2.24) is 30.1 Å². The van der Waals surface area contributed by atoms with Crippen LogP contribution < -0.4 is 5.32 Å². The number of halogens is 1. The van der Waals surface area contributed by atoms with Gasteiger partial charge >= 0.3 is 0 Å².